The summed E-state index contributed by atoms with van der Waals surface area (Å²) in [7, 11) is 0. The number of hydrogen-bond donors (Lipinski definition) is 2. The second-order valence-electron chi connectivity index (χ2n) is 10.3. The molecule has 3 aromatic rings. The Hall–Kier alpha value is -3.71. The molecule has 11 nitrogen and oxygen atoms in total. The molecule has 1 aliphatic rings. The highest BCUT2D eigenvalue weighted by Crippen LogP contribution is 2.44. The lowest BCUT2D eigenvalue weighted by molar-refractivity contribution is -0.0176. The first-order chi connectivity index (χ1) is 22.7. The molecule has 0 unspecified atom stereocenters. The minimum atomic E-state index is -0.451. The van der Waals surface area contributed by atoms with Crippen LogP contribution in [0.4, 0.5) is 10.5 Å². The van der Waals surface area contributed by atoms with Crippen LogP contribution < -0.4 is 15.8 Å². The third-order valence-corrected chi connectivity index (χ3v) is 7.12. The molecular formula is C35H46N2O9. The van der Waals surface area contributed by atoms with Gasteiger partial charge in [0.05, 0.1) is 85.0 Å². The minimum absolute atomic E-state index is 0.0401. The molecular weight excluding hydrogens is 592 g/mol. The number of carbonyl (C=O) groups is 1. The molecule has 1 aliphatic carbocycles. The van der Waals surface area contributed by atoms with Gasteiger partial charge >= 0.3 is 6.09 Å². The number of nitrogens with two attached hydrogens (primary N) is 1. The number of para-hydroxylation sites is 2. The third kappa shape index (κ3) is 12.2. The second kappa shape index (κ2) is 21.2. The predicted octanol–water partition coefficient (Wildman–Crippen LogP) is 4.29. The number of alkyl carbamates (subject to hydrolysis) is 1. The quantitative estimate of drug-likeness (QED) is 0.108. The molecule has 1 amide bonds. The lowest BCUT2D eigenvalue weighted by Crippen LogP contribution is -2.29. The van der Waals surface area contributed by atoms with E-state index in [1.54, 1.807) is 6.07 Å². The Kier molecular flexibility index (Phi) is 16.2. The molecule has 0 saturated carbocycles. The molecule has 11 heteroatoms. The molecule has 0 saturated heterocycles. The number of fused-ring (bicyclic) bond motifs is 3. The topological polar surface area (TPSA) is 129 Å². The molecule has 250 valence electrons. The largest absolute Gasteiger partial charge is 0.489 e. The summed E-state index contributed by atoms with van der Waals surface area (Å²) in [5.41, 5.74) is 11.2. The average Bonchev–Trinajstić information content (AvgIpc) is 3.40. The molecule has 0 aromatic heterocycles. The molecule has 46 heavy (non-hydrogen) atoms. The second-order valence-corrected chi connectivity index (χ2v) is 10.3. The van der Waals surface area contributed by atoms with Crippen molar-refractivity contribution in [2.24, 2.45) is 0 Å². The summed E-state index contributed by atoms with van der Waals surface area (Å²) in [6.07, 6.45) is -0.451. The highest BCUT2D eigenvalue weighted by atomic mass is 16.6. The lowest BCUT2D eigenvalue weighted by atomic mass is 9.98. The molecule has 3 N–H and O–H groups in total. The molecule has 4 rings (SSSR count). The van der Waals surface area contributed by atoms with E-state index in [2.05, 4.69) is 29.6 Å². The van der Waals surface area contributed by atoms with Crippen molar-refractivity contribution in [2.45, 2.75) is 5.92 Å². The van der Waals surface area contributed by atoms with Crippen molar-refractivity contribution in [1.82, 2.24) is 5.32 Å². The van der Waals surface area contributed by atoms with Gasteiger partial charge in [-0.25, -0.2) is 4.79 Å². The van der Waals surface area contributed by atoms with Gasteiger partial charge in [-0.3, -0.25) is 0 Å². The highest BCUT2D eigenvalue weighted by molar-refractivity contribution is 5.79. The van der Waals surface area contributed by atoms with Gasteiger partial charge in [-0.15, -0.1) is 0 Å². The molecule has 0 atom stereocenters. The van der Waals surface area contributed by atoms with Crippen LogP contribution in [0.15, 0.2) is 72.8 Å². The molecule has 3 aromatic carbocycles. The van der Waals surface area contributed by atoms with Crippen molar-refractivity contribution in [3.63, 3.8) is 0 Å². The highest BCUT2D eigenvalue weighted by Gasteiger charge is 2.28. The standard InChI is InChI=1S/C35H46N2O9/c36-33-11-5-6-12-34(33)45-26-25-44-24-23-43-22-21-42-20-19-41-18-17-40-16-15-39-14-13-37-35(38)46-27-32-30-9-3-1-7-28(30)29-8-2-4-10-31(29)32/h1-12,32H,13-27,36H2,(H,37,38). The fourth-order valence-corrected chi connectivity index (χ4v) is 4.90. The molecule has 0 fully saturated rings. The smallest absolute Gasteiger partial charge is 0.407 e. The Balaban J connectivity index is 0.859. The van der Waals surface area contributed by atoms with E-state index in [0.29, 0.717) is 104 Å². The van der Waals surface area contributed by atoms with Crippen LogP contribution in [0, 0.1) is 0 Å². The first kappa shape index (κ1) is 35.1. The van der Waals surface area contributed by atoms with Crippen LogP contribution in [0.5, 0.6) is 5.75 Å². The summed E-state index contributed by atoms with van der Waals surface area (Å²) in [6, 6.07) is 23.9. The fourth-order valence-electron chi connectivity index (χ4n) is 4.90. The van der Waals surface area contributed by atoms with Gasteiger partial charge in [-0.2, -0.15) is 0 Å². The van der Waals surface area contributed by atoms with Gasteiger partial charge in [0.2, 0.25) is 0 Å². The molecule has 0 spiro atoms. The normalized spacial score (nSPS) is 12.1. The summed E-state index contributed by atoms with van der Waals surface area (Å²) < 4.78 is 44.0. The van der Waals surface area contributed by atoms with Crippen LogP contribution in [0.25, 0.3) is 11.1 Å². The first-order valence-corrected chi connectivity index (χ1v) is 15.8. The number of nitrogen functional groups attached to an aromatic ring is 1. The van der Waals surface area contributed by atoms with Gasteiger partial charge in [0, 0.05) is 12.5 Å². The zero-order chi connectivity index (χ0) is 32.1. The van der Waals surface area contributed by atoms with E-state index in [1.165, 1.54) is 22.3 Å². The van der Waals surface area contributed by atoms with Crippen molar-refractivity contribution < 1.29 is 42.7 Å². The maximum Gasteiger partial charge on any atom is 0.407 e. The number of benzene rings is 3. The summed E-state index contributed by atoms with van der Waals surface area (Å²) in [4.78, 5) is 12.2. The van der Waals surface area contributed by atoms with Gasteiger partial charge in [-0.05, 0) is 34.4 Å². The van der Waals surface area contributed by atoms with Gasteiger partial charge in [-0.1, -0.05) is 60.7 Å². The summed E-state index contributed by atoms with van der Waals surface area (Å²) in [5.74, 6) is 0.704. The van der Waals surface area contributed by atoms with Crippen LogP contribution in [0.3, 0.4) is 0 Å². The van der Waals surface area contributed by atoms with Crippen molar-refractivity contribution in [2.75, 3.05) is 105 Å². The van der Waals surface area contributed by atoms with E-state index in [1.807, 2.05) is 42.5 Å². The van der Waals surface area contributed by atoms with Crippen LogP contribution in [-0.4, -0.2) is 105 Å². The summed E-state index contributed by atoms with van der Waals surface area (Å²) >= 11 is 0. The summed E-state index contributed by atoms with van der Waals surface area (Å²) in [5, 5.41) is 2.74. The molecule has 0 heterocycles. The van der Waals surface area contributed by atoms with Crippen LogP contribution in [0.2, 0.25) is 0 Å². The van der Waals surface area contributed by atoms with Gasteiger partial charge in [0.15, 0.2) is 0 Å². The van der Waals surface area contributed by atoms with Gasteiger partial charge < -0.3 is 48.9 Å². The maximum atomic E-state index is 12.2. The predicted molar refractivity (Wildman–Crippen MR) is 174 cm³/mol. The Morgan fingerprint density at radius 3 is 1.52 bits per heavy atom. The van der Waals surface area contributed by atoms with E-state index in [9.17, 15) is 4.79 Å². The zero-order valence-electron chi connectivity index (χ0n) is 26.4. The van der Waals surface area contributed by atoms with E-state index >= 15 is 0 Å². The van der Waals surface area contributed by atoms with Crippen molar-refractivity contribution >= 4 is 11.8 Å². The summed E-state index contributed by atoms with van der Waals surface area (Å²) in [6.45, 7) is 6.66. The van der Waals surface area contributed by atoms with Crippen LogP contribution in [0.1, 0.15) is 17.0 Å². The Morgan fingerprint density at radius 1 is 0.565 bits per heavy atom. The van der Waals surface area contributed by atoms with Crippen LogP contribution >= 0.6 is 0 Å². The number of ether oxygens (including phenoxy) is 8. The zero-order valence-corrected chi connectivity index (χ0v) is 26.4. The molecule has 0 aliphatic heterocycles. The number of rotatable bonds is 24. The van der Waals surface area contributed by atoms with Crippen LogP contribution in [-0.2, 0) is 33.2 Å². The van der Waals surface area contributed by atoms with Crippen molar-refractivity contribution in [3.05, 3.63) is 83.9 Å². The maximum absolute atomic E-state index is 12.2. The van der Waals surface area contributed by atoms with Crippen molar-refractivity contribution in [3.8, 4) is 16.9 Å². The Labute approximate surface area is 271 Å². The first-order valence-electron chi connectivity index (χ1n) is 15.8. The Morgan fingerprint density at radius 2 is 1.00 bits per heavy atom. The molecule has 0 radical (unpaired) electrons. The number of nitrogens with one attached hydrogen (secondary N) is 1. The van der Waals surface area contributed by atoms with E-state index in [0.717, 1.165) is 0 Å². The average molecular weight is 639 g/mol. The monoisotopic (exact) mass is 638 g/mol. The number of amides is 1. The van der Waals surface area contributed by atoms with Gasteiger partial charge in [0.25, 0.3) is 0 Å². The third-order valence-electron chi connectivity index (χ3n) is 7.12. The Bertz CT molecular complexity index is 1250. The number of carbonyl (C=O) groups excluding carboxylic acids is 1. The van der Waals surface area contributed by atoms with E-state index in [-0.39, 0.29) is 12.5 Å². The van der Waals surface area contributed by atoms with Gasteiger partial charge in [0.1, 0.15) is 19.0 Å². The minimum Gasteiger partial charge on any atom is -0.489 e. The van der Waals surface area contributed by atoms with E-state index in [4.69, 9.17) is 43.6 Å². The molecule has 0 bridgehead atoms. The number of anilines is 1. The lowest BCUT2D eigenvalue weighted by Gasteiger charge is -2.14. The van der Waals surface area contributed by atoms with Crippen molar-refractivity contribution in [1.29, 1.82) is 0 Å². The SMILES string of the molecule is Nc1ccccc1OCCOCCOCCOCCOCCOCCOCCNC(=O)OCC1c2ccccc2-c2ccccc21. The number of hydrogen-bond acceptors (Lipinski definition) is 10. The fraction of sp³-hybridized carbons (Fsp3) is 0.457. The van der Waals surface area contributed by atoms with E-state index < -0.39 is 6.09 Å².